The van der Waals surface area contributed by atoms with Crippen molar-refractivity contribution in [3.05, 3.63) is 23.8 Å². The lowest BCUT2D eigenvalue weighted by Crippen LogP contribution is -2.54. The monoisotopic (exact) mass is 286 g/mol. The molecule has 1 aromatic carbocycles. The highest BCUT2D eigenvalue weighted by molar-refractivity contribution is 5.91. The van der Waals surface area contributed by atoms with E-state index >= 15 is 0 Å². The van der Waals surface area contributed by atoms with Gasteiger partial charge in [0.15, 0.2) is 0 Å². The van der Waals surface area contributed by atoms with Gasteiger partial charge in [0.05, 0.1) is 6.61 Å². The number of carboxylic acids is 1. The molecule has 0 radical (unpaired) electrons. The normalized spacial score (nSPS) is 29.9. The zero-order valence-electron chi connectivity index (χ0n) is 10.2. The number of aliphatic hydroxyl groups is 3. The molecule has 4 atom stereocenters. The number of benzene rings is 1. The fourth-order valence-corrected chi connectivity index (χ4v) is 1.78. The van der Waals surface area contributed by atoms with Crippen LogP contribution in [-0.4, -0.2) is 62.7 Å². The van der Waals surface area contributed by atoms with E-state index in [1.807, 2.05) is 0 Å². The van der Waals surface area contributed by atoms with E-state index in [0.29, 0.717) is 0 Å². The van der Waals surface area contributed by atoms with Crippen molar-refractivity contribution >= 4 is 5.97 Å². The summed E-state index contributed by atoms with van der Waals surface area (Å²) in [5.74, 6) is -1.73. The van der Waals surface area contributed by atoms with Crippen LogP contribution >= 0.6 is 0 Å². The van der Waals surface area contributed by atoms with Crippen LogP contribution in [0.3, 0.4) is 0 Å². The number of aromatic carboxylic acids is 1. The van der Waals surface area contributed by atoms with Crippen molar-refractivity contribution in [2.24, 2.45) is 0 Å². The summed E-state index contributed by atoms with van der Waals surface area (Å²) in [6.07, 6.45) is -5.38. The van der Waals surface area contributed by atoms with Crippen molar-refractivity contribution < 1.29 is 39.8 Å². The van der Waals surface area contributed by atoms with Gasteiger partial charge in [-0.25, -0.2) is 4.79 Å². The second kappa shape index (κ2) is 5.63. The maximum absolute atomic E-state index is 10.9. The van der Waals surface area contributed by atoms with Gasteiger partial charge in [-0.3, -0.25) is 0 Å². The summed E-state index contributed by atoms with van der Waals surface area (Å²) in [5, 5.41) is 46.7. The van der Waals surface area contributed by atoms with E-state index in [2.05, 4.69) is 0 Å². The van der Waals surface area contributed by atoms with Gasteiger partial charge in [0.2, 0.25) is 6.29 Å². The highest BCUT2D eigenvalue weighted by atomic mass is 16.7. The zero-order chi connectivity index (χ0) is 14.9. The Morgan fingerprint density at radius 2 is 1.95 bits per heavy atom. The number of phenols is 1. The van der Waals surface area contributed by atoms with Crippen molar-refractivity contribution in [2.75, 3.05) is 6.61 Å². The first-order valence-corrected chi connectivity index (χ1v) is 5.79. The second-order valence-corrected chi connectivity index (χ2v) is 4.35. The third-order valence-electron chi connectivity index (χ3n) is 2.90. The van der Waals surface area contributed by atoms with Gasteiger partial charge in [-0.05, 0) is 18.2 Å². The van der Waals surface area contributed by atoms with Crippen molar-refractivity contribution in [1.82, 2.24) is 0 Å². The lowest BCUT2D eigenvalue weighted by Gasteiger charge is -2.34. The number of carboxylic acid groups (broad SMARTS) is 1. The topological polar surface area (TPSA) is 137 Å². The predicted octanol–water partition coefficient (Wildman–Crippen LogP) is -1.09. The van der Waals surface area contributed by atoms with E-state index < -0.39 is 36.3 Å². The minimum atomic E-state index is -1.49. The molecule has 1 aliphatic rings. The van der Waals surface area contributed by atoms with Crippen LogP contribution in [0.5, 0.6) is 11.5 Å². The fourth-order valence-electron chi connectivity index (χ4n) is 1.78. The average molecular weight is 286 g/mol. The molecule has 0 aliphatic carbocycles. The average Bonchev–Trinajstić information content (AvgIpc) is 2.41. The summed E-state index contributed by atoms with van der Waals surface area (Å²) >= 11 is 0. The Balaban J connectivity index is 2.14. The lowest BCUT2D eigenvalue weighted by molar-refractivity contribution is -0.242. The van der Waals surface area contributed by atoms with E-state index in [1.54, 1.807) is 0 Å². The summed E-state index contributed by atoms with van der Waals surface area (Å²) in [7, 11) is 0. The molecule has 0 saturated carbocycles. The van der Waals surface area contributed by atoms with Crippen LogP contribution in [0.15, 0.2) is 18.2 Å². The molecule has 8 heteroatoms. The molecule has 1 heterocycles. The van der Waals surface area contributed by atoms with Gasteiger partial charge in [0, 0.05) is 0 Å². The molecule has 5 N–H and O–H groups in total. The Hall–Kier alpha value is -1.87. The first kappa shape index (κ1) is 14.5. The number of aromatic hydroxyl groups is 1. The largest absolute Gasteiger partial charge is 0.507 e. The van der Waals surface area contributed by atoms with Gasteiger partial charge in [-0.15, -0.1) is 0 Å². The van der Waals surface area contributed by atoms with E-state index in [4.69, 9.17) is 14.6 Å². The van der Waals surface area contributed by atoms with Crippen LogP contribution in [0.2, 0.25) is 0 Å². The van der Waals surface area contributed by atoms with E-state index in [1.165, 1.54) is 6.07 Å². The van der Waals surface area contributed by atoms with Gasteiger partial charge >= 0.3 is 5.97 Å². The van der Waals surface area contributed by atoms with Crippen molar-refractivity contribution in [2.45, 2.75) is 24.6 Å². The van der Waals surface area contributed by atoms with Gasteiger partial charge in [0.1, 0.15) is 35.4 Å². The molecule has 1 aromatic rings. The highest BCUT2D eigenvalue weighted by Gasteiger charge is 2.39. The van der Waals surface area contributed by atoms with E-state index in [-0.39, 0.29) is 17.9 Å². The predicted molar refractivity (Wildman–Crippen MR) is 63.5 cm³/mol. The molecule has 0 amide bonds. The summed E-state index contributed by atoms with van der Waals surface area (Å²) in [6, 6.07) is 3.47. The SMILES string of the molecule is O=C(O)c1cc(O[C@H]2OC[C@@H](O)[C@H](O)[C@H]2O)ccc1O. The van der Waals surface area contributed by atoms with Crippen LogP contribution in [0, 0.1) is 0 Å². The van der Waals surface area contributed by atoms with Gasteiger partial charge in [-0.1, -0.05) is 0 Å². The Kier molecular flexibility index (Phi) is 4.09. The highest BCUT2D eigenvalue weighted by Crippen LogP contribution is 2.26. The zero-order valence-corrected chi connectivity index (χ0v) is 10.2. The minimum absolute atomic E-state index is 0.0350. The molecule has 8 nitrogen and oxygen atoms in total. The minimum Gasteiger partial charge on any atom is -0.507 e. The Morgan fingerprint density at radius 3 is 2.60 bits per heavy atom. The van der Waals surface area contributed by atoms with Gasteiger partial charge < -0.3 is 35.0 Å². The number of ether oxygens (including phenoxy) is 2. The van der Waals surface area contributed by atoms with E-state index in [0.717, 1.165) is 12.1 Å². The Labute approximate surface area is 113 Å². The first-order valence-electron chi connectivity index (χ1n) is 5.79. The molecular formula is C12H14O8. The summed E-state index contributed by atoms with van der Waals surface area (Å²) < 4.78 is 10.2. The maximum Gasteiger partial charge on any atom is 0.339 e. The Morgan fingerprint density at radius 1 is 1.25 bits per heavy atom. The van der Waals surface area contributed by atoms with Crippen molar-refractivity contribution in [3.8, 4) is 11.5 Å². The number of carbonyl (C=O) groups is 1. The van der Waals surface area contributed by atoms with Crippen LogP contribution in [0.25, 0.3) is 0 Å². The maximum atomic E-state index is 10.9. The van der Waals surface area contributed by atoms with Crippen molar-refractivity contribution in [3.63, 3.8) is 0 Å². The molecule has 0 unspecified atom stereocenters. The fraction of sp³-hybridized carbons (Fsp3) is 0.417. The third-order valence-corrected chi connectivity index (χ3v) is 2.90. The van der Waals surface area contributed by atoms with Crippen LogP contribution < -0.4 is 4.74 Å². The second-order valence-electron chi connectivity index (χ2n) is 4.35. The molecule has 1 saturated heterocycles. The number of aliphatic hydroxyl groups excluding tert-OH is 3. The molecular weight excluding hydrogens is 272 g/mol. The van der Waals surface area contributed by atoms with Crippen LogP contribution in [0.4, 0.5) is 0 Å². The van der Waals surface area contributed by atoms with Gasteiger partial charge in [0.25, 0.3) is 0 Å². The molecule has 110 valence electrons. The molecule has 20 heavy (non-hydrogen) atoms. The third kappa shape index (κ3) is 2.83. The molecule has 2 rings (SSSR count). The standard InChI is InChI=1S/C12H14O8/c13-7-2-1-5(3-6(7)11(17)18)20-12-10(16)9(15)8(14)4-19-12/h1-3,8-10,12-16H,4H2,(H,17,18)/t8-,9+,10-,12-/m1/s1. The molecule has 1 fully saturated rings. The number of rotatable bonds is 3. The first-order chi connectivity index (χ1) is 9.40. The Bertz CT molecular complexity index is 502. The smallest absolute Gasteiger partial charge is 0.339 e. The summed E-state index contributed by atoms with van der Waals surface area (Å²) in [6.45, 7) is -0.229. The lowest BCUT2D eigenvalue weighted by atomic mass is 10.1. The molecule has 0 bridgehead atoms. The molecule has 1 aliphatic heterocycles. The van der Waals surface area contributed by atoms with Crippen molar-refractivity contribution in [1.29, 1.82) is 0 Å². The number of hydrogen-bond acceptors (Lipinski definition) is 7. The number of hydrogen-bond donors (Lipinski definition) is 5. The van der Waals surface area contributed by atoms with Gasteiger partial charge in [-0.2, -0.15) is 0 Å². The van der Waals surface area contributed by atoms with Crippen LogP contribution in [-0.2, 0) is 4.74 Å². The molecule has 0 aromatic heterocycles. The van der Waals surface area contributed by atoms with E-state index in [9.17, 15) is 25.2 Å². The van der Waals surface area contributed by atoms with Crippen LogP contribution in [0.1, 0.15) is 10.4 Å². The summed E-state index contributed by atoms with van der Waals surface area (Å²) in [4.78, 5) is 10.9. The molecule has 0 spiro atoms. The summed E-state index contributed by atoms with van der Waals surface area (Å²) in [5.41, 5.74) is -0.367. The quantitative estimate of drug-likeness (QED) is 0.472.